The minimum atomic E-state index is -2.24. The first-order valence-electron chi connectivity index (χ1n) is 17.6. The first-order chi connectivity index (χ1) is 24.5. The van der Waals surface area contributed by atoms with Gasteiger partial charge >= 0.3 is 12.2 Å². The van der Waals surface area contributed by atoms with Crippen molar-refractivity contribution in [3.05, 3.63) is 120 Å². The summed E-state index contributed by atoms with van der Waals surface area (Å²) < 4.78 is 18.2. The normalized spacial score (nSPS) is 13.9. The largest absolute Gasteiger partial charge is 0.448 e. The second-order valence-electron chi connectivity index (χ2n) is 15.6. The minimum absolute atomic E-state index is 0.0352. The van der Waals surface area contributed by atoms with Crippen LogP contribution in [-0.4, -0.2) is 67.9 Å². The number of carbonyl (C=O) groups is 2. The highest BCUT2D eigenvalue weighted by Crippen LogP contribution is 2.44. The van der Waals surface area contributed by atoms with Crippen LogP contribution < -0.4 is 0 Å². The van der Waals surface area contributed by atoms with E-state index in [9.17, 15) is 14.9 Å². The van der Waals surface area contributed by atoms with Gasteiger partial charge in [-0.1, -0.05) is 112 Å². The molecule has 9 nitrogen and oxygen atoms in total. The van der Waals surface area contributed by atoms with E-state index in [1.807, 2.05) is 66.7 Å². The quantitative estimate of drug-likeness (QED) is 0.0928. The number of benzene rings is 3. The molecule has 4 rings (SSSR count). The number of fused-ring (bicyclic) bond motifs is 3. The molecule has 0 N–H and O–H groups in total. The maximum Gasteiger partial charge on any atom is 0.435 e. The molecular formula is C42H53N3O6Si. The van der Waals surface area contributed by atoms with Crippen LogP contribution in [0, 0.1) is 11.3 Å². The van der Waals surface area contributed by atoms with Crippen molar-refractivity contribution in [2.24, 2.45) is 0 Å². The van der Waals surface area contributed by atoms with Gasteiger partial charge in [-0.15, -0.1) is 6.58 Å². The number of hydrogen-bond donors (Lipinski definition) is 0. The molecule has 3 aromatic rings. The summed E-state index contributed by atoms with van der Waals surface area (Å²) in [5.74, 6) is -0.202. The molecule has 0 bridgehead atoms. The zero-order valence-corrected chi connectivity index (χ0v) is 32.8. The Labute approximate surface area is 310 Å². The summed E-state index contributed by atoms with van der Waals surface area (Å²) in [5.41, 5.74) is 4.67. The summed E-state index contributed by atoms with van der Waals surface area (Å²) in [7, 11) is -2.24. The Kier molecular flexibility index (Phi) is 12.9. The maximum atomic E-state index is 14.3. The van der Waals surface area contributed by atoms with Gasteiger partial charge in [-0.25, -0.2) is 9.59 Å². The second-order valence-corrected chi connectivity index (χ2v) is 20.4. The molecule has 1 unspecified atom stereocenters. The molecule has 0 saturated heterocycles. The van der Waals surface area contributed by atoms with Gasteiger partial charge in [0.25, 0.3) is 0 Å². The molecule has 0 fully saturated rings. The van der Waals surface area contributed by atoms with Crippen molar-refractivity contribution in [3.8, 4) is 17.2 Å². The number of amides is 2. The lowest BCUT2D eigenvalue weighted by molar-refractivity contribution is -0.173. The monoisotopic (exact) mass is 723 g/mol. The van der Waals surface area contributed by atoms with Gasteiger partial charge in [-0.2, -0.15) is 10.3 Å². The third-order valence-corrected chi connectivity index (χ3v) is 14.0. The fraction of sp³-hybridized carbons (Fsp3) is 0.405. The van der Waals surface area contributed by atoms with Crippen molar-refractivity contribution in [2.75, 3.05) is 19.8 Å². The molecule has 0 saturated carbocycles. The molecule has 0 heterocycles. The SMILES string of the molecule is C=C[C@H](CN(C(=O)OCC1c2ccccc2-c2ccccc21)C(C#N)C(=C)CO[Si](C)(C)C(C)(C)C)N(OCc1ccccc1)C(=O)OC(C)(C)C. The van der Waals surface area contributed by atoms with Gasteiger partial charge in [0.1, 0.15) is 24.9 Å². The fourth-order valence-corrected chi connectivity index (χ4v) is 6.65. The lowest BCUT2D eigenvalue weighted by atomic mass is 9.98. The first kappa shape index (κ1) is 40.1. The predicted octanol–water partition coefficient (Wildman–Crippen LogP) is 9.63. The zero-order valence-electron chi connectivity index (χ0n) is 31.8. The smallest absolute Gasteiger partial charge is 0.435 e. The van der Waals surface area contributed by atoms with E-state index in [4.69, 9.17) is 18.7 Å². The van der Waals surface area contributed by atoms with Crippen molar-refractivity contribution < 1.29 is 28.3 Å². The summed E-state index contributed by atoms with van der Waals surface area (Å²) in [4.78, 5) is 35.3. The summed E-state index contributed by atoms with van der Waals surface area (Å²) >= 11 is 0. The van der Waals surface area contributed by atoms with Crippen LogP contribution in [0.2, 0.25) is 18.1 Å². The Morgan fingerprint density at radius 3 is 1.98 bits per heavy atom. The average Bonchev–Trinajstić information content (AvgIpc) is 3.41. The second kappa shape index (κ2) is 16.8. The summed E-state index contributed by atoms with van der Waals surface area (Å²) in [6.45, 7) is 24.0. The maximum absolute atomic E-state index is 14.3. The molecule has 52 heavy (non-hydrogen) atoms. The van der Waals surface area contributed by atoms with Crippen LogP contribution in [0.15, 0.2) is 104 Å². The topological polar surface area (TPSA) is 101 Å². The van der Waals surface area contributed by atoms with Crippen molar-refractivity contribution in [3.63, 3.8) is 0 Å². The minimum Gasteiger partial charge on any atom is -0.448 e. The number of carbonyl (C=O) groups excluding carboxylic acids is 2. The molecule has 276 valence electrons. The molecule has 0 aliphatic heterocycles. The lowest BCUT2D eigenvalue weighted by Crippen LogP contribution is -2.52. The van der Waals surface area contributed by atoms with Gasteiger partial charge in [0.2, 0.25) is 0 Å². The molecule has 0 radical (unpaired) electrons. The Morgan fingerprint density at radius 1 is 0.904 bits per heavy atom. The van der Waals surface area contributed by atoms with Gasteiger partial charge in [0, 0.05) is 5.92 Å². The van der Waals surface area contributed by atoms with Gasteiger partial charge < -0.3 is 13.9 Å². The van der Waals surface area contributed by atoms with E-state index in [-0.39, 0.29) is 37.3 Å². The highest BCUT2D eigenvalue weighted by Gasteiger charge is 2.40. The van der Waals surface area contributed by atoms with Crippen LogP contribution in [0.4, 0.5) is 9.59 Å². The van der Waals surface area contributed by atoms with Crippen LogP contribution in [0.25, 0.3) is 11.1 Å². The van der Waals surface area contributed by atoms with E-state index in [0.717, 1.165) is 32.9 Å². The summed E-state index contributed by atoms with van der Waals surface area (Å²) in [6.07, 6.45) is -0.0301. The highest BCUT2D eigenvalue weighted by atomic mass is 28.4. The zero-order chi connectivity index (χ0) is 38.3. The molecular weight excluding hydrogens is 671 g/mol. The number of hydroxylamine groups is 2. The number of rotatable bonds is 14. The Balaban J connectivity index is 1.66. The molecule has 3 aromatic carbocycles. The van der Waals surface area contributed by atoms with E-state index in [2.05, 4.69) is 65.2 Å². The molecule has 0 aromatic heterocycles. The van der Waals surface area contributed by atoms with Crippen molar-refractivity contribution in [1.29, 1.82) is 5.26 Å². The number of nitrogens with zero attached hydrogens (tertiary/aromatic N) is 3. The van der Waals surface area contributed by atoms with Crippen LogP contribution in [0.1, 0.15) is 64.2 Å². The number of hydrogen-bond acceptors (Lipinski definition) is 7. The molecule has 1 aliphatic carbocycles. The Hall–Kier alpha value is -4.69. The highest BCUT2D eigenvalue weighted by molar-refractivity contribution is 6.74. The summed E-state index contributed by atoms with van der Waals surface area (Å²) in [6, 6.07) is 25.7. The number of ether oxygens (including phenoxy) is 2. The molecule has 0 spiro atoms. The van der Waals surface area contributed by atoms with Crippen LogP contribution in [0.3, 0.4) is 0 Å². The van der Waals surface area contributed by atoms with E-state index in [1.165, 1.54) is 11.0 Å². The molecule has 10 heteroatoms. The lowest BCUT2D eigenvalue weighted by Gasteiger charge is -2.38. The van der Waals surface area contributed by atoms with E-state index >= 15 is 0 Å². The van der Waals surface area contributed by atoms with Crippen molar-refractivity contribution >= 4 is 20.5 Å². The molecule has 2 atom stereocenters. The van der Waals surface area contributed by atoms with Gasteiger partial charge in [0.05, 0.1) is 25.3 Å². The Morgan fingerprint density at radius 2 is 1.46 bits per heavy atom. The van der Waals surface area contributed by atoms with Gasteiger partial charge in [-0.05, 0) is 72.3 Å². The average molecular weight is 724 g/mol. The van der Waals surface area contributed by atoms with E-state index < -0.39 is 38.2 Å². The first-order valence-corrected chi connectivity index (χ1v) is 20.5. The van der Waals surface area contributed by atoms with E-state index in [1.54, 1.807) is 20.8 Å². The van der Waals surface area contributed by atoms with E-state index in [0.29, 0.717) is 5.57 Å². The Bertz CT molecular complexity index is 1730. The number of nitriles is 1. The third-order valence-electron chi connectivity index (χ3n) is 9.56. The van der Waals surface area contributed by atoms with Crippen molar-refractivity contribution in [1.82, 2.24) is 9.96 Å². The van der Waals surface area contributed by atoms with Crippen molar-refractivity contribution in [2.45, 2.75) is 89.9 Å². The van der Waals surface area contributed by atoms with Crippen LogP contribution in [-0.2, 0) is 25.3 Å². The van der Waals surface area contributed by atoms with Crippen LogP contribution >= 0.6 is 0 Å². The van der Waals surface area contributed by atoms with Gasteiger partial charge in [-0.3, -0.25) is 9.74 Å². The molecule has 1 aliphatic rings. The van der Waals surface area contributed by atoms with Gasteiger partial charge in [0.15, 0.2) is 8.32 Å². The standard InChI is InChI=1S/C42H53N3O6Si/c1-11-32(45(40(47)51-41(3,4)5)49-28-31-19-13-12-14-20-31)26-44(38(25-43)30(2)27-50-52(9,10)42(6,7)8)39(46)48-29-37-35-23-17-15-21-33(35)34-22-16-18-24-36(34)37/h11-24,32,37-38H,1-2,26-29H2,3-10H3/t32-,38?/m1/s1. The van der Waals surface area contributed by atoms with Crippen LogP contribution in [0.5, 0.6) is 0 Å². The fourth-order valence-electron chi connectivity index (χ4n) is 5.67. The summed E-state index contributed by atoms with van der Waals surface area (Å²) in [5, 5.41) is 11.6. The molecule has 2 amide bonds. The third kappa shape index (κ3) is 9.79. The predicted molar refractivity (Wildman–Crippen MR) is 207 cm³/mol.